The Bertz CT molecular complexity index is 665. The van der Waals surface area contributed by atoms with Gasteiger partial charge in [-0.05, 0) is 75.3 Å². The molecule has 1 aromatic carbocycles. The summed E-state index contributed by atoms with van der Waals surface area (Å²) in [6.07, 6.45) is 8.15. The summed E-state index contributed by atoms with van der Waals surface area (Å²) in [5.41, 5.74) is 2.49. The molecule has 4 aliphatic carbocycles. The first-order chi connectivity index (χ1) is 10.7. The third-order valence-corrected chi connectivity index (χ3v) is 6.22. The summed E-state index contributed by atoms with van der Waals surface area (Å²) < 4.78 is 6.17. The van der Waals surface area contributed by atoms with E-state index in [0.717, 1.165) is 29.2 Å². The molecule has 114 valence electrons. The lowest BCUT2D eigenvalue weighted by Gasteiger charge is -2.55. The number of nitrogens with zero attached hydrogens (tertiary/aromatic N) is 2. The maximum Gasteiger partial charge on any atom is 0.247 e. The first kappa shape index (κ1) is 12.9. The van der Waals surface area contributed by atoms with Gasteiger partial charge in [0.2, 0.25) is 11.8 Å². The molecule has 4 aliphatic rings. The van der Waals surface area contributed by atoms with Gasteiger partial charge in [-0.3, -0.25) is 0 Å². The monoisotopic (exact) mass is 294 g/mol. The molecule has 1 aromatic heterocycles. The van der Waals surface area contributed by atoms with E-state index in [1.807, 2.05) is 0 Å². The highest BCUT2D eigenvalue weighted by Gasteiger charge is 2.54. The molecule has 4 fully saturated rings. The molecule has 2 aromatic rings. The van der Waals surface area contributed by atoms with Gasteiger partial charge in [-0.15, -0.1) is 10.2 Å². The van der Waals surface area contributed by atoms with Crippen LogP contribution in [0, 0.1) is 24.7 Å². The van der Waals surface area contributed by atoms with Gasteiger partial charge < -0.3 is 4.42 Å². The van der Waals surface area contributed by atoms with E-state index in [1.54, 1.807) is 0 Å². The van der Waals surface area contributed by atoms with Gasteiger partial charge in [-0.1, -0.05) is 17.7 Å². The summed E-state index contributed by atoms with van der Waals surface area (Å²) >= 11 is 0. The van der Waals surface area contributed by atoms with Crippen molar-refractivity contribution in [2.24, 2.45) is 17.8 Å². The zero-order valence-electron chi connectivity index (χ0n) is 13.1. The van der Waals surface area contributed by atoms with E-state index >= 15 is 0 Å². The van der Waals surface area contributed by atoms with E-state index in [1.165, 1.54) is 44.1 Å². The molecule has 1 heterocycles. The van der Waals surface area contributed by atoms with E-state index in [0.29, 0.717) is 5.89 Å². The highest BCUT2D eigenvalue weighted by atomic mass is 16.4. The highest BCUT2D eigenvalue weighted by Crippen LogP contribution is 2.60. The van der Waals surface area contributed by atoms with Crippen molar-refractivity contribution in [3.63, 3.8) is 0 Å². The summed E-state index contributed by atoms with van der Waals surface area (Å²) in [5, 5.41) is 8.84. The van der Waals surface area contributed by atoms with Gasteiger partial charge in [-0.25, -0.2) is 0 Å². The maximum absolute atomic E-state index is 6.17. The van der Waals surface area contributed by atoms with Crippen molar-refractivity contribution in [2.45, 2.75) is 50.9 Å². The topological polar surface area (TPSA) is 38.9 Å². The molecular weight excluding hydrogens is 272 g/mol. The molecule has 4 saturated carbocycles. The van der Waals surface area contributed by atoms with E-state index in [9.17, 15) is 0 Å². The number of benzene rings is 1. The molecule has 0 radical (unpaired) electrons. The Hall–Kier alpha value is -1.64. The fourth-order valence-corrected chi connectivity index (χ4v) is 5.62. The van der Waals surface area contributed by atoms with Crippen LogP contribution in [0.4, 0.5) is 0 Å². The van der Waals surface area contributed by atoms with Crippen molar-refractivity contribution >= 4 is 0 Å². The van der Waals surface area contributed by atoms with Crippen molar-refractivity contribution in [1.29, 1.82) is 0 Å². The van der Waals surface area contributed by atoms with Gasteiger partial charge in [0.05, 0.1) is 0 Å². The average Bonchev–Trinajstić information content (AvgIpc) is 2.97. The van der Waals surface area contributed by atoms with Crippen LogP contribution in [-0.4, -0.2) is 10.2 Å². The molecule has 4 bridgehead atoms. The van der Waals surface area contributed by atoms with Gasteiger partial charge in [0.1, 0.15) is 0 Å². The fourth-order valence-electron chi connectivity index (χ4n) is 5.62. The lowest BCUT2D eigenvalue weighted by Crippen LogP contribution is -2.48. The largest absolute Gasteiger partial charge is 0.420 e. The van der Waals surface area contributed by atoms with Crippen molar-refractivity contribution in [3.8, 4) is 11.5 Å². The Balaban J connectivity index is 1.50. The fraction of sp³-hybridized carbons (Fsp3) is 0.579. The second-order valence-electron chi connectivity index (χ2n) is 7.98. The molecule has 3 heteroatoms. The molecule has 0 amide bonds. The van der Waals surface area contributed by atoms with Crippen LogP contribution in [0.25, 0.3) is 11.5 Å². The Morgan fingerprint density at radius 2 is 1.50 bits per heavy atom. The standard InChI is InChI=1S/C19H22N2O/c1-12-2-4-16(5-3-12)17-20-21-18(22-17)19-9-13-6-14(10-19)8-15(7-13)11-19/h2-5,13-15H,6-11H2,1H3. The first-order valence-electron chi connectivity index (χ1n) is 8.61. The highest BCUT2D eigenvalue weighted by molar-refractivity contribution is 5.53. The molecule has 0 N–H and O–H groups in total. The van der Waals surface area contributed by atoms with Crippen molar-refractivity contribution in [2.75, 3.05) is 0 Å². The SMILES string of the molecule is Cc1ccc(-c2nnc(C34CC5CC(CC(C5)C3)C4)o2)cc1. The second-order valence-corrected chi connectivity index (χ2v) is 7.98. The molecule has 3 nitrogen and oxygen atoms in total. The minimum absolute atomic E-state index is 0.199. The van der Waals surface area contributed by atoms with Gasteiger partial charge in [0.25, 0.3) is 0 Å². The number of aromatic nitrogens is 2. The Morgan fingerprint density at radius 3 is 2.09 bits per heavy atom. The van der Waals surface area contributed by atoms with Gasteiger partial charge >= 0.3 is 0 Å². The van der Waals surface area contributed by atoms with E-state index < -0.39 is 0 Å². The van der Waals surface area contributed by atoms with Gasteiger partial charge in [-0.2, -0.15) is 0 Å². The third kappa shape index (κ3) is 1.87. The Kier molecular flexibility index (Phi) is 2.59. The maximum atomic E-state index is 6.17. The molecule has 22 heavy (non-hydrogen) atoms. The minimum atomic E-state index is 0.199. The quantitative estimate of drug-likeness (QED) is 0.818. The van der Waals surface area contributed by atoms with E-state index in [2.05, 4.69) is 41.4 Å². The second kappa shape index (κ2) is 4.43. The van der Waals surface area contributed by atoms with Crippen LogP contribution in [0.2, 0.25) is 0 Å². The summed E-state index contributed by atoms with van der Waals surface area (Å²) in [7, 11) is 0. The number of hydrogen-bond acceptors (Lipinski definition) is 3. The van der Waals surface area contributed by atoms with Crippen LogP contribution < -0.4 is 0 Å². The lowest BCUT2D eigenvalue weighted by molar-refractivity contribution is -0.0176. The number of aryl methyl sites for hydroxylation is 1. The molecule has 0 aliphatic heterocycles. The first-order valence-corrected chi connectivity index (χ1v) is 8.61. The van der Waals surface area contributed by atoms with Crippen LogP contribution in [0.3, 0.4) is 0 Å². The van der Waals surface area contributed by atoms with Crippen molar-refractivity contribution < 1.29 is 4.42 Å². The zero-order valence-corrected chi connectivity index (χ0v) is 13.1. The van der Waals surface area contributed by atoms with Gasteiger partial charge in [0.15, 0.2) is 0 Å². The van der Waals surface area contributed by atoms with Crippen LogP contribution >= 0.6 is 0 Å². The Morgan fingerprint density at radius 1 is 0.909 bits per heavy atom. The van der Waals surface area contributed by atoms with Crippen molar-refractivity contribution in [3.05, 3.63) is 35.7 Å². The summed E-state index contributed by atoms with van der Waals surface area (Å²) in [5.74, 6) is 4.32. The van der Waals surface area contributed by atoms with Crippen LogP contribution in [0.5, 0.6) is 0 Å². The van der Waals surface area contributed by atoms with Crippen LogP contribution in [0.15, 0.2) is 28.7 Å². The number of rotatable bonds is 2. The normalized spacial score (nSPS) is 36.0. The van der Waals surface area contributed by atoms with Crippen LogP contribution in [-0.2, 0) is 5.41 Å². The van der Waals surface area contributed by atoms with E-state index in [-0.39, 0.29) is 5.41 Å². The molecular formula is C19H22N2O. The average molecular weight is 294 g/mol. The molecule has 0 atom stereocenters. The molecule has 6 rings (SSSR count). The summed E-state index contributed by atoms with van der Waals surface area (Å²) in [4.78, 5) is 0. The van der Waals surface area contributed by atoms with E-state index in [4.69, 9.17) is 4.42 Å². The Labute approximate surface area is 131 Å². The number of hydrogen-bond donors (Lipinski definition) is 0. The summed E-state index contributed by atoms with van der Waals surface area (Å²) in [6, 6.07) is 8.35. The zero-order chi connectivity index (χ0) is 14.7. The predicted octanol–water partition coefficient (Wildman–Crippen LogP) is 4.51. The minimum Gasteiger partial charge on any atom is -0.420 e. The smallest absolute Gasteiger partial charge is 0.247 e. The third-order valence-electron chi connectivity index (χ3n) is 6.22. The molecule has 0 spiro atoms. The predicted molar refractivity (Wildman–Crippen MR) is 84.3 cm³/mol. The van der Waals surface area contributed by atoms with Gasteiger partial charge in [0, 0.05) is 11.0 Å². The summed E-state index contributed by atoms with van der Waals surface area (Å²) in [6.45, 7) is 2.10. The molecule has 0 saturated heterocycles. The van der Waals surface area contributed by atoms with Crippen LogP contribution in [0.1, 0.15) is 50.0 Å². The lowest BCUT2D eigenvalue weighted by atomic mass is 9.49. The van der Waals surface area contributed by atoms with Crippen molar-refractivity contribution in [1.82, 2.24) is 10.2 Å². The molecule has 0 unspecified atom stereocenters.